The Morgan fingerprint density at radius 1 is 1.15 bits per heavy atom. The lowest BCUT2D eigenvalue weighted by Crippen LogP contribution is -2.52. The molecule has 20 heavy (non-hydrogen) atoms. The Balaban J connectivity index is 2.12. The van der Waals surface area contributed by atoms with Gasteiger partial charge in [0.1, 0.15) is 9.84 Å². The summed E-state index contributed by atoms with van der Waals surface area (Å²) in [5, 5.41) is 2.53. The van der Waals surface area contributed by atoms with E-state index >= 15 is 0 Å². The van der Waals surface area contributed by atoms with Gasteiger partial charge in [-0.25, -0.2) is 16.8 Å². The van der Waals surface area contributed by atoms with Gasteiger partial charge in [0.05, 0.1) is 16.8 Å². The number of nitrogens with one attached hydrogen (secondary N) is 1. The first-order valence-electron chi connectivity index (χ1n) is 7.22. The van der Waals surface area contributed by atoms with Crippen molar-refractivity contribution >= 4 is 19.9 Å². The smallest absolute Gasteiger partial charge is 0.217 e. The van der Waals surface area contributed by atoms with E-state index < -0.39 is 25.1 Å². The summed E-state index contributed by atoms with van der Waals surface area (Å²) < 4.78 is 50.0. The lowest BCUT2D eigenvalue weighted by Gasteiger charge is -2.37. The minimum atomic E-state index is -3.38. The summed E-state index contributed by atoms with van der Waals surface area (Å²) in [5.41, 5.74) is 0. The lowest BCUT2D eigenvalue weighted by atomic mass is 10.1. The van der Waals surface area contributed by atoms with Crippen molar-refractivity contribution in [1.29, 1.82) is 0 Å². The molecule has 2 saturated heterocycles. The number of sulfonamides is 1. The maximum absolute atomic E-state index is 12.7. The number of rotatable bonds is 4. The molecule has 2 rings (SSSR count). The maximum atomic E-state index is 12.7. The van der Waals surface area contributed by atoms with Crippen LogP contribution >= 0.6 is 0 Å². The lowest BCUT2D eigenvalue weighted by molar-refractivity contribution is 0.246. The highest BCUT2D eigenvalue weighted by Crippen LogP contribution is 2.27. The molecule has 0 saturated carbocycles. The quantitative estimate of drug-likeness (QED) is 0.785. The molecule has 2 fully saturated rings. The van der Waals surface area contributed by atoms with Gasteiger partial charge in [0.15, 0.2) is 0 Å². The van der Waals surface area contributed by atoms with E-state index in [0.29, 0.717) is 13.1 Å². The normalized spacial score (nSPS) is 29.4. The van der Waals surface area contributed by atoms with E-state index in [0.717, 1.165) is 19.3 Å². The molecule has 0 spiro atoms. The molecule has 0 bridgehead atoms. The summed E-state index contributed by atoms with van der Waals surface area (Å²) in [7, 11) is -4.58. The Morgan fingerprint density at radius 2 is 1.80 bits per heavy atom. The van der Waals surface area contributed by atoms with Gasteiger partial charge in [-0.15, -0.1) is 0 Å². The molecule has 1 N–H and O–H groups in total. The number of sulfone groups is 1. The van der Waals surface area contributed by atoms with Crippen LogP contribution in [0, 0.1) is 0 Å². The average molecular weight is 324 g/mol. The van der Waals surface area contributed by atoms with Gasteiger partial charge in [-0.05, 0) is 32.7 Å². The zero-order valence-electron chi connectivity index (χ0n) is 11.9. The van der Waals surface area contributed by atoms with Crippen molar-refractivity contribution in [2.45, 2.75) is 43.4 Å². The number of hydrogen-bond donors (Lipinski definition) is 1. The van der Waals surface area contributed by atoms with Crippen molar-refractivity contribution in [2.75, 3.05) is 31.6 Å². The first-order valence-corrected chi connectivity index (χ1v) is 10.5. The highest BCUT2D eigenvalue weighted by molar-refractivity contribution is 7.92. The van der Waals surface area contributed by atoms with Gasteiger partial charge in [0.25, 0.3) is 0 Å². The zero-order valence-corrected chi connectivity index (χ0v) is 13.5. The van der Waals surface area contributed by atoms with E-state index in [-0.39, 0.29) is 30.4 Å². The average Bonchev–Trinajstić information content (AvgIpc) is 2.39. The highest BCUT2D eigenvalue weighted by atomic mass is 32.2. The van der Waals surface area contributed by atoms with Crippen molar-refractivity contribution in [3.8, 4) is 0 Å². The second kappa shape index (κ2) is 6.29. The molecule has 0 radical (unpaired) electrons. The second-order valence-corrected chi connectivity index (χ2v) is 10.2. The van der Waals surface area contributed by atoms with Gasteiger partial charge >= 0.3 is 0 Å². The van der Waals surface area contributed by atoms with Crippen LogP contribution in [0.4, 0.5) is 0 Å². The molecule has 0 aromatic rings. The molecule has 118 valence electrons. The fraction of sp³-hybridized carbons (Fsp3) is 1.00. The minimum Gasteiger partial charge on any atom is -0.318 e. The van der Waals surface area contributed by atoms with Crippen LogP contribution in [0.2, 0.25) is 0 Å². The van der Waals surface area contributed by atoms with Crippen LogP contribution in [0.3, 0.4) is 0 Å². The molecular weight excluding hydrogens is 300 g/mol. The molecule has 0 amide bonds. The maximum Gasteiger partial charge on any atom is 0.217 e. The number of hydrogen-bond acceptors (Lipinski definition) is 5. The van der Waals surface area contributed by atoms with E-state index in [4.69, 9.17) is 0 Å². The summed E-state index contributed by atoms with van der Waals surface area (Å²) in [6, 6.07) is 0.0114. The summed E-state index contributed by atoms with van der Waals surface area (Å²) >= 11 is 0. The number of piperidine rings is 1. The van der Waals surface area contributed by atoms with Gasteiger partial charge in [-0.2, -0.15) is 4.31 Å². The van der Waals surface area contributed by atoms with Crippen molar-refractivity contribution < 1.29 is 16.8 Å². The Bertz CT molecular complexity index is 514. The minimum absolute atomic E-state index is 0.00142. The van der Waals surface area contributed by atoms with E-state index in [2.05, 4.69) is 5.32 Å². The number of nitrogens with zero attached hydrogens (tertiary/aromatic N) is 1. The van der Waals surface area contributed by atoms with Gasteiger partial charge < -0.3 is 5.32 Å². The van der Waals surface area contributed by atoms with Crippen molar-refractivity contribution in [3.05, 3.63) is 0 Å². The van der Waals surface area contributed by atoms with Gasteiger partial charge in [-0.3, -0.25) is 0 Å². The highest BCUT2D eigenvalue weighted by Gasteiger charge is 2.40. The molecule has 1 unspecified atom stereocenters. The van der Waals surface area contributed by atoms with Crippen LogP contribution in [0.15, 0.2) is 0 Å². The molecule has 0 aliphatic carbocycles. The summed E-state index contributed by atoms with van der Waals surface area (Å²) in [6.07, 6.45) is 3.31. The number of likely N-dealkylation sites (N-methyl/N-ethyl adjacent to an activating group) is 1. The Kier molecular flexibility index (Phi) is 5.09. The Morgan fingerprint density at radius 3 is 2.40 bits per heavy atom. The molecule has 6 nitrogen and oxygen atoms in total. The van der Waals surface area contributed by atoms with Gasteiger partial charge in [0, 0.05) is 19.1 Å². The van der Waals surface area contributed by atoms with E-state index in [1.807, 2.05) is 7.05 Å². The largest absolute Gasteiger partial charge is 0.318 e. The summed E-state index contributed by atoms with van der Waals surface area (Å²) in [4.78, 5) is 0. The molecule has 0 aromatic heterocycles. The Hall–Kier alpha value is -0.180. The first kappa shape index (κ1) is 16.2. The standard InChI is InChI=1S/C12H24N2O4S2/c1-13-10-11-4-2-3-7-14(11)20(17,18)12-5-8-19(15,16)9-6-12/h11-13H,2-10H2,1H3. The van der Waals surface area contributed by atoms with Crippen LogP contribution in [-0.2, 0) is 19.9 Å². The third kappa shape index (κ3) is 3.52. The Labute approximate surface area is 121 Å². The third-order valence-corrected chi connectivity index (χ3v) is 8.43. The predicted molar refractivity (Wildman–Crippen MR) is 78.9 cm³/mol. The van der Waals surface area contributed by atoms with E-state index in [1.165, 1.54) is 0 Å². The molecule has 8 heteroatoms. The summed E-state index contributed by atoms with van der Waals surface area (Å²) in [5.74, 6) is 0.00284. The molecule has 2 aliphatic heterocycles. The molecule has 1 atom stereocenters. The SMILES string of the molecule is CNCC1CCCCN1S(=O)(=O)C1CCS(=O)(=O)CC1. The molecule has 0 aromatic carbocycles. The zero-order chi connectivity index (χ0) is 14.8. The van der Waals surface area contributed by atoms with Crippen molar-refractivity contribution in [1.82, 2.24) is 9.62 Å². The third-order valence-electron chi connectivity index (χ3n) is 4.26. The van der Waals surface area contributed by atoms with Crippen molar-refractivity contribution in [3.63, 3.8) is 0 Å². The fourth-order valence-electron chi connectivity index (χ4n) is 3.11. The van der Waals surface area contributed by atoms with E-state index in [1.54, 1.807) is 4.31 Å². The van der Waals surface area contributed by atoms with Crippen LogP contribution in [-0.4, -0.2) is 64.1 Å². The van der Waals surface area contributed by atoms with Gasteiger partial charge in [-0.1, -0.05) is 6.42 Å². The second-order valence-electron chi connectivity index (χ2n) is 5.71. The van der Waals surface area contributed by atoms with Crippen molar-refractivity contribution in [2.24, 2.45) is 0 Å². The molecular formula is C12H24N2O4S2. The van der Waals surface area contributed by atoms with Crippen LogP contribution < -0.4 is 5.32 Å². The van der Waals surface area contributed by atoms with Crippen LogP contribution in [0.1, 0.15) is 32.1 Å². The monoisotopic (exact) mass is 324 g/mol. The topological polar surface area (TPSA) is 83.6 Å². The fourth-order valence-corrected chi connectivity index (χ4v) is 7.09. The van der Waals surface area contributed by atoms with Gasteiger partial charge in [0.2, 0.25) is 10.0 Å². The van der Waals surface area contributed by atoms with E-state index in [9.17, 15) is 16.8 Å². The van der Waals surface area contributed by atoms with Crippen LogP contribution in [0.5, 0.6) is 0 Å². The summed E-state index contributed by atoms with van der Waals surface area (Å²) in [6.45, 7) is 1.22. The molecule has 2 aliphatic rings. The first-order chi connectivity index (χ1) is 9.37. The van der Waals surface area contributed by atoms with Crippen LogP contribution in [0.25, 0.3) is 0 Å². The molecule has 2 heterocycles. The predicted octanol–water partition coefficient (Wildman–Crippen LogP) is -0.0327.